The fraction of sp³-hybridized carbons (Fsp3) is 0.714. The average Bonchev–Trinajstić information content (AvgIpc) is 2.63. The molecule has 2 fully saturated rings. The molecule has 28 heavy (non-hydrogen) atoms. The minimum Gasteiger partial charge on any atom is -0.348 e. The van der Waals surface area contributed by atoms with E-state index in [1.54, 1.807) is 4.90 Å². The van der Waals surface area contributed by atoms with Crippen LogP contribution in [0, 0.1) is 6.92 Å². The Morgan fingerprint density at radius 2 is 1.79 bits per heavy atom. The van der Waals surface area contributed by atoms with E-state index in [2.05, 4.69) is 15.2 Å². The van der Waals surface area contributed by atoms with E-state index in [1.165, 1.54) is 32.1 Å². The maximum absolute atomic E-state index is 12.4. The SMILES string of the molecule is Cc1nc(N2CCCCCCC2)ncc1C(C)NC(=O)CN1CCCCC1=O. The first-order chi connectivity index (χ1) is 13.5. The molecule has 2 amide bonds. The van der Waals surface area contributed by atoms with Gasteiger partial charge in [-0.15, -0.1) is 0 Å². The lowest BCUT2D eigenvalue weighted by Crippen LogP contribution is -2.43. The van der Waals surface area contributed by atoms with Crippen molar-refractivity contribution in [2.24, 2.45) is 0 Å². The third kappa shape index (κ3) is 5.42. The summed E-state index contributed by atoms with van der Waals surface area (Å²) < 4.78 is 0. The quantitative estimate of drug-likeness (QED) is 0.840. The van der Waals surface area contributed by atoms with E-state index in [1.807, 2.05) is 20.0 Å². The molecular weight excluding hydrogens is 354 g/mol. The molecule has 1 unspecified atom stereocenters. The summed E-state index contributed by atoms with van der Waals surface area (Å²) in [6.45, 7) is 6.74. The van der Waals surface area contributed by atoms with Crippen LogP contribution in [0.4, 0.5) is 5.95 Å². The van der Waals surface area contributed by atoms with Gasteiger partial charge in [0, 0.05) is 43.5 Å². The Labute approximate surface area is 167 Å². The monoisotopic (exact) mass is 387 g/mol. The van der Waals surface area contributed by atoms with E-state index in [0.29, 0.717) is 13.0 Å². The molecule has 0 spiro atoms. The van der Waals surface area contributed by atoms with Gasteiger partial charge in [0.15, 0.2) is 0 Å². The molecule has 3 heterocycles. The van der Waals surface area contributed by atoms with Crippen LogP contribution in [0.3, 0.4) is 0 Å². The Balaban J connectivity index is 1.59. The summed E-state index contributed by atoms with van der Waals surface area (Å²) in [5.41, 5.74) is 1.82. The van der Waals surface area contributed by atoms with Crippen LogP contribution in [-0.2, 0) is 9.59 Å². The van der Waals surface area contributed by atoms with Crippen LogP contribution >= 0.6 is 0 Å². The van der Waals surface area contributed by atoms with Gasteiger partial charge in [-0.1, -0.05) is 19.3 Å². The van der Waals surface area contributed by atoms with E-state index in [9.17, 15) is 9.59 Å². The Morgan fingerprint density at radius 3 is 2.46 bits per heavy atom. The van der Waals surface area contributed by atoms with Crippen molar-refractivity contribution in [1.29, 1.82) is 0 Å². The molecule has 154 valence electrons. The Morgan fingerprint density at radius 1 is 1.11 bits per heavy atom. The van der Waals surface area contributed by atoms with Crippen molar-refractivity contribution in [2.45, 2.75) is 71.3 Å². The van der Waals surface area contributed by atoms with Gasteiger partial charge in [-0.25, -0.2) is 9.97 Å². The van der Waals surface area contributed by atoms with Gasteiger partial charge in [-0.05, 0) is 39.5 Å². The normalized spacial score (nSPS) is 19.7. The fourth-order valence-corrected chi connectivity index (χ4v) is 4.06. The summed E-state index contributed by atoms with van der Waals surface area (Å²) in [6, 6.07) is -0.186. The summed E-state index contributed by atoms with van der Waals surface area (Å²) in [6.07, 6.45) is 10.5. The lowest BCUT2D eigenvalue weighted by Gasteiger charge is -2.27. The first-order valence-electron chi connectivity index (χ1n) is 10.7. The predicted octanol–water partition coefficient (Wildman–Crippen LogP) is 2.75. The van der Waals surface area contributed by atoms with Gasteiger partial charge >= 0.3 is 0 Å². The molecule has 0 aliphatic carbocycles. The topological polar surface area (TPSA) is 78.4 Å². The smallest absolute Gasteiger partial charge is 0.240 e. The Bertz CT molecular complexity index is 685. The second-order valence-electron chi connectivity index (χ2n) is 8.03. The summed E-state index contributed by atoms with van der Waals surface area (Å²) >= 11 is 0. The largest absolute Gasteiger partial charge is 0.348 e. The molecular formula is C21H33N5O2. The van der Waals surface area contributed by atoms with Crippen LogP contribution in [0.2, 0.25) is 0 Å². The molecule has 2 aliphatic rings. The minimum absolute atomic E-state index is 0.0752. The number of aryl methyl sites for hydroxylation is 1. The number of nitrogens with one attached hydrogen (secondary N) is 1. The highest BCUT2D eigenvalue weighted by Crippen LogP contribution is 2.20. The molecule has 1 atom stereocenters. The van der Waals surface area contributed by atoms with Crippen LogP contribution in [0.1, 0.15) is 75.6 Å². The number of anilines is 1. The van der Waals surface area contributed by atoms with Crippen molar-refractivity contribution in [2.75, 3.05) is 31.1 Å². The maximum Gasteiger partial charge on any atom is 0.240 e. The molecule has 1 N–H and O–H groups in total. The third-order valence-corrected chi connectivity index (χ3v) is 5.74. The van der Waals surface area contributed by atoms with Gasteiger partial charge in [0.2, 0.25) is 17.8 Å². The first-order valence-corrected chi connectivity index (χ1v) is 10.7. The van der Waals surface area contributed by atoms with Crippen molar-refractivity contribution in [3.8, 4) is 0 Å². The number of piperidine rings is 1. The second kappa shape index (κ2) is 9.85. The molecule has 7 nitrogen and oxygen atoms in total. The number of likely N-dealkylation sites (tertiary alicyclic amines) is 1. The van der Waals surface area contributed by atoms with Crippen molar-refractivity contribution in [1.82, 2.24) is 20.2 Å². The molecule has 0 radical (unpaired) electrons. The zero-order chi connectivity index (χ0) is 19.9. The van der Waals surface area contributed by atoms with Crippen LogP contribution in [0.5, 0.6) is 0 Å². The molecule has 2 aliphatic heterocycles. The Kier molecular flexibility index (Phi) is 7.23. The summed E-state index contributed by atoms with van der Waals surface area (Å²) in [5.74, 6) is 0.738. The van der Waals surface area contributed by atoms with Crippen molar-refractivity contribution >= 4 is 17.8 Å². The molecule has 2 saturated heterocycles. The average molecular weight is 388 g/mol. The zero-order valence-electron chi connectivity index (χ0n) is 17.2. The third-order valence-electron chi connectivity index (χ3n) is 5.74. The van der Waals surface area contributed by atoms with Gasteiger partial charge < -0.3 is 15.1 Å². The summed E-state index contributed by atoms with van der Waals surface area (Å²) in [7, 11) is 0. The van der Waals surface area contributed by atoms with E-state index < -0.39 is 0 Å². The summed E-state index contributed by atoms with van der Waals surface area (Å²) in [5, 5.41) is 3.00. The molecule has 1 aromatic rings. The van der Waals surface area contributed by atoms with Crippen LogP contribution in [0.25, 0.3) is 0 Å². The van der Waals surface area contributed by atoms with E-state index >= 15 is 0 Å². The number of hydrogen-bond donors (Lipinski definition) is 1. The van der Waals surface area contributed by atoms with Crippen LogP contribution in [-0.4, -0.2) is 52.9 Å². The summed E-state index contributed by atoms with van der Waals surface area (Å²) in [4.78, 5) is 37.5. The molecule has 1 aromatic heterocycles. The maximum atomic E-state index is 12.4. The lowest BCUT2D eigenvalue weighted by atomic mass is 10.1. The number of nitrogens with zero attached hydrogens (tertiary/aromatic N) is 4. The standard InChI is InChI=1S/C21H33N5O2/c1-16(23-19(27)15-26-13-9-6-10-20(26)28)18-14-22-21(24-17(18)2)25-11-7-4-3-5-8-12-25/h14,16H,3-13,15H2,1-2H3,(H,23,27). The van der Waals surface area contributed by atoms with Crippen LogP contribution < -0.4 is 10.2 Å². The van der Waals surface area contributed by atoms with E-state index in [4.69, 9.17) is 4.98 Å². The highest BCUT2D eigenvalue weighted by Gasteiger charge is 2.22. The molecule has 3 rings (SSSR count). The first kappa shape index (κ1) is 20.6. The van der Waals surface area contributed by atoms with E-state index in [0.717, 1.165) is 43.1 Å². The van der Waals surface area contributed by atoms with Crippen LogP contribution in [0.15, 0.2) is 6.20 Å². The molecule has 0 aromatic carbocycles. The minimum atomic E-state index is -0.186. The van der Waals surface area contributed by atoms with Crippen molar-refractivity contribution in [3.63, 3.8) is 0 Å². The number of aromatic nitrogens is 2. The van der Waals surface area contributed by atoms with Crippen molar-refractivity contribution < 1.29 is 9.59 Å². The van der Waals surface area contributed by atoms with Gasteiger partial charge in [0.05, 0.1) is 12.6 Å². The number of hydrogen-bond acceptors (Lipinski definition) is 5. The number of rotatable bonds is 5. The van der Waals surface area contributed by atoms with Gasteiger partial charge in [0.25, 0.3) is 0 Å². The number of carbonyl (C=O) groups excluding carboxylic acids is 2. The number of amides is 2. The van der Waals surface area contributed by atoms with Crippen molar-refractivity contribution in [3.05, 3.63) is 17.5 Å². The van der Waals surface area contributed by atoms with E-state index in [-0.39, 0.29) is 24.4 Å². The lowest BCUT2D eigenvalue weighted by molar-refractivity contribution is -0.138. The highest BCUT2D eigenvalue weighted by molar-refractivity contribution is 5.85. The molecule has 7 heteroatoms. The predicted molar refractivity (Wildman–Crippen MR) is 109 cm³/mol. The molecule has 0 saturated carbocycles. The molecule has 0 bridgehead atoms. The van der Waals surface area contributed by atoms with Gasteiger partial charge in [0.1, 0.15) is 0 Å². The fourth-order valence-electron chi connectivity index (χ4n) is 4.06. The second-order valence-corrected chi connectivity index (χ2v) is 8.03. The zero-order valence-corrected chi connectivity index (χ0v) is 17.2. The number of carbonyl (C=O) groups is 2. The Hall–Kier alpha value is -2.18. The van der Waals surface area contributed by atoms with Gasteiger partial charge in [-0.2, -0.15) is 0 Å². The van der Waals surface area contributed by atoms with Gasteiger partial charge in [-0.3, -0.25) is 9.59 Å². The highest BCUT2D eigenvalue weighted by atomic mass is 16.2.